The van der Waals surface area contributed by atoms with Crippen molar-refractivity contribution in [1.29, 1.82) is 0 Å². The third-order valence-electron chi connectivity index (χ3n) is 4.72. The van der Waals surface area contributed by atoms with E-state index in [1.165, 1.54) is 0 Å². The second-order valence-electron chi connectivity index (χ2n) is 6.86. The van der Waals surface area contributed by atoms with Crippen molar-refractivity contribution in [3.05, 3.63) is 65.0 Å². The van der Waals surface area contributed by atoms with E-state index >= 15 is 0 Å². The van der Waals surface area contributed by atoms with Crippen LogP contribution in [0, 0.1) is 5.82 Å². The zero-order valence-electron chi connectivity index (χ0n) is 15.9. The van der Waals surface area contributed by atoms with Crippen molar-refractivity contribution in [2.75, 3.05) is 25.5 Å². The molecule has 0 fully saturated rings. The first kappa shape index (κ1) is 19.8. The topological polar surface area (TPSA) is 73.5 Å². The molecule has 6 nitrogen and oxygen atoms in total. The van der Waals surface area contributed by atoms with Gasteiger partial charge >= 0.3 is 6.03 Å². The number of halogens is 1. The lowest BCUT2D eigenvalue weighted by molar-refractivity contribution is -0.116. The van der Waals surface area contributed by atoms with Gasteiger partial charge < -0.3 is 20.9 Å². The van der Waals surface area contributed by atoms with E-state index in [9.17, 15) is 14.0 Å². The van der Waals surface area contributed by atoms with Crippen LogP contribution in [0.5, 0.6) is 0 Å². The summed E-state index contributed by atoms with van der Waals surface area (Å²) in [6, 6.07) is 12.8. The van der Waals surface area contributed by atoms with Gasteiger partial charge in [0, 0.05) is 33.1 Å². The Morgan fingerprint density at radius 3 is 2.75 bits per heavy atom. The number of rotatable bonds is 6. The highest BCUT2D eigenvalue weighted by molar-refractivity contribution is 5.91. The van der Waals surface area contributed by atoms with Crippen LogP contribution in [0.1, 0.15) is 23.1 Å². The molecule has 0 bridgehead atoms. The van der Waals surface area contributed by atoms with Crippen LogP contribution in [-0.4, -0.2) is 37.0 Å². The number of nitrogens with one attached hydrogen (secondary N) is 3. The van der Waals surface area contributed by atoms with Gasteiger partial charge in [0.05, 0.1) is 5.69 Å². The number of urea groups is 1. The summed E-state index contributed by atoms with van der Waals surface area (Å²) >= 11 is 0. The fourth-order valence-electron chi connectivity index (χ4n) is 3.19. The molecule has 3 rings (SSSR count). The second kappa shape index (κ2) is 9.32. The number of carbonyl (C=O) groups is 2. The first-order valence-corrected chi connectivity index (χ1v) is 9.38. The van der Waals surface area contributed by atoms with Crippen molar-refractivity contribution in [2.24, 2.45) is 0 Å². The van der Waals surface area contributed by atoms with Crippen LogP contribution in [0.15, 0.2) is 42.5 Å². The summed E-state index contributed by atoms with van der Waals surface area (Å²) in [5.41, 5.74) is 2.80. The Bertz CT molecular complexity index is 842. The standard InChI is InChI=1S/C21H25FN4O2/c1-26(14-15-5-3-2-4-6-15)21(28)24-12-10-19(27)25-18-8-7-16-13-23-11-9-17(16)20(18)22/h2-8,23H,9-14H2,1H3,(H,24,28)(H,25,27). The molecule has 1 aliphatic heterocycles. The third kappa shape index (κ3) is 5.07. The molecule has 3 amide bonds. The highest BCUT2D eigenvalue weighted by Crippen LogP contribution is 2.24. The van der Waals surface area contributed by atoms with E-state index in [2.05, 4.69) is 16.0 Å². The van der Waals surface area contributed by atoms with E-state index in [4.69, 9.17) is 0 Å². The minimum atomic E-state index is -0.362. The van der Waals surface area contributed by atoms with Crippen molar-refractivity contribution < 1.29 is 14.0 Å². The van der Waals surface area contributed by atoms with Crippen LogP contribution in [0.25, 0.3) is 0 Å². The zero-order valence-corrected chi connectivity index (χ0v) is 15.9. The van der Waals surface area contributed by atoms with Gasteiger partial charge in [0.1, 0.15) is 5.82 Å². The maximum Gasteiger partial charge on any atom is 0.317 e. The van der Waals surface area contributed by atoms with Gasteiger partial charge in [-0.1, -0.05) is 36.4 Å². The molecule has 1 aliphatic rings. The molecule has 28 heavy (non-hydrogen) atoms. The molecule has 0 saturated carbocycles. The van der Waals surface area contributed by atoms with Gasteiger partial charge in [0.15, 0.2) is 0 Å². The van der Waals surface area contributed by atoms with Crippen LogP contribution in [0.3, 0.4) is 0 Å². The number of anilines is 1. The van der Waals surface area contributed by atoms with E-state index < -0.39 is 0 Å². The molecule has 0 unspecified atom stereocenters. The first-order valence-electron chi connectivity index (χ1n) is 9.38. The van der Waals surface area contributed by atoms with Gasteiger partial charge in [-0.2, -0.15) is 0 Å². The van der Waals surface area contributed by atoms with Gasteiger partial charge in [-0.3, -0.25) is 4.79 Å². The molecule has 2 aromatic carbocycles. The number of carbonyl (C=O) groups excluding carboxylic acids is 2. The first-order chi connectivity index (χ1) is 13.5. The van der Waals surface area contributed by atoms with Gasteiger partial charge in [-0.25, -0.2) is 9.18 Å². The molecule has 0 spiro atoms. The summed E-state index contributed by atoms with van der Waals surface area (Å²) in [5.74, 6) is -0.697. The summed E-state index contributed by atoms with van der Waals surface area (Å²) < 4.78 is 14.6. The largest absolute Gasteiger partial charge is 0.337 e. The smallest absolute Gasteiger partial charge is 0.317 e. The van der Waals surface area contributed by atoms with Crippen molar-refractivity contribution in [3.8, 4) is 0 Å². The van der Waals surface area contributed by atoms with Gasteiger partial charge in [0.2, 0.25) is 5.91 Å². The number of amides is 3. The van der Waals surface area contributed by atoms with Crippen LogP contribution in [0.4, 0.5) is 14.9 Å². The van der Waals surface area contributed by atoms with Crippen LogP contribution in [-0.2, 0) is 24.3 Å². The Hall–Kier alpha value is -2.93. The quantitative estimate of drug-likeness (QED) is 0.717. The molecule has 7 heteroatoms. The lowest BCUT2D eigenvalue weighted by atomic mass is 9.99. The molecule has 3 N–H and O–H groups in total. The second-order valence-corrected chi connectivity index (χ2v) is 6.86. The molecular weight excluding hydrogens is 359 g/mol. The Morgan fingerprint density at radius 1 is 1.18 bits per heavy atom. The number of hydrogen-bond donors (Lipinski definition) is 3. The fourth-order valence-corrected chi connectivity index (χ4v) is 3.19. The summed E-state index contributed by atoms with van der Waals surface area (Å²) in [5, 5.41) is 8.50. The fraction of sp³-hybridized carbons (Fsp3) is 0.333. The summed E-state index contributed by atoms with van der Waals surface area (Å²) in [6.07, 6.45) is 0.678. The van der Waals surface area contributed by atoms with Crippen LogP contribution >= 0.6 is 0 Å². The predicted molar refractivity (Wildman–Crippen MR) is 106 cm³/mol. The number of fused-ring (bicyclic) bond motifs is 1. The summed E-state index contributed by atoms with van der Waals surface area (Å²) in [7, 11) is 1.69. The molecule has 1 heterocycles. The molecule has 148 valence electrons. The molecule has 2 aromatic rings. The lowest BCUT2D eigenvalue weighted by Gasteiger charge is -2.20. The highest BCUT2D eigenvalue weighted by Gasteiger charge is 2.17. The molecule has 0 saturated heterocycles. The molecule has 0 radical (unpaired) electrons. The van der Waals surface area contributed by atoms with Crippen LogP contribution < -0.4 is 16.0 Å². The van der Waals surface area contributed by atoms with Gasteiger partial charge in [-0.15, -0.1) is 0 Å². The van der Waals surface area contributed by atoms with E-state index in [1.807, 2.05) is 36.4 Å². The van der Waals surface area contributed by atoms with E-state index in [0.717, 1.165) is 17.7 Å². The molecule has 0 aliphatic carbocycles. The van der Waals surface area contributed by atoms with Gasteiger partial charge in [-0.05, 0) is 35.7 Å². The molecular formula is C21H25FN4O2. The summed E-state index contributed by atoms with van der Waals surface area (Å²) in [4.78, 5) is 25.8. The Kier molecular flexibility index (Phi) is 6.60. The van der Waals surface area contributed by atoms with Crippen molar-refractivity contribution in [2.45, 2.75) is 25.9 Å². The monoisotopic (exact) mass is 384 g/mol. The Balaban J connectivity index is 1.45. The average Bonchev–Trinajstić information content (AvgIpc) is 2.71. The number of benzene rings is 2. The summed E-state index contributed by atoms with van der Waals surface area (Å²) in [6.45, 7) is 2.03. The van der Waals surface area contributed by atoms with Crippen molar-refractivity contribution >= 4 is 17.6 Å². The average molecular weight is 384 g/mol. The highest BCUT2D eigenvalue weighted by atomic mass is 19.1. The molecule has 0 aromatic heterocycles. The molecule has 0 atom stereocenters. The Labute approximate surface area is 164 Å². The van der Waals surface area contributed by atoms with E-state index in [0.29, 0.717) is 25.1 Å². The van der Waals surface area contributed by atoms with Crippen LogP contribution in [0.2, 0.25) is 0 Å². The van der Waals surface area contributed by atoms with Crippen molar-refractivity contribution in [1.82, 2.24) is 15.5 Å². The normalized spacial score (nSPS) is 12.8. The Morgan fingerprint density at radius 2 is 1.96 bits per heavy atom. The number of nitrogens with zero attached hydrogens (tertiary/aromatic N) is 1. The van der Waals surface area contributed by atoms with Crippen molar-refractivity contribution in [3.63, 3.8) is 0 Å². The SMILES string of the molecule is CN(Cc1ccccc1)C(=O)NCCC(=O)Nc1ccc2c(c1F)CCNC2. The minimum absolute atomic E-state index is 0.0724. The maximum absolute atomic E-state index is 14.6. The van der Waals surface area contributed by atoms with Gasteiger partial charge in [0.25, 0.3) is 0 Å². The minimum Gasteiger partial charge on any atom is -0.337 e. The third-order valence-corrected chi connectivity index (χ3v) is 4.72. The van der Waals surface area contributed by atoms with E-state index in [1.54, 1.807) is 18.0 Å². The zero-order chi connectivity index (χ0) is 19.9. The van der Waals surface area contributed by atoms with E-state index in [-0.39, 0.29) is 36.4 Å². The lowest BCUT2D eigenvalue weighted by Crippen LogP contribution is -2.38. The predicted octanol–water partition coefficient (Wildman–Crippen LogP) is 2.64. The maximum atomic E-state index is 14.6. The number of hydrogen-bond acceptors (Lipinski definition) is 3.